The summed E-state index contributed by atoms with van der Waals surface area (Å²) in [6, 6.07) is 7.58. The Bertz CT molecular complexity index is 534. The van der Waals surface area contributed by atoms with Gasteiger partial charge in [0, 0.05) is 17.4 Å². The lowest BCUT2D eigenvalue weighted by Crippen LogP contribution is -2.09. The third-order valence-electron chi connectivity index (χ3n) is 2.63. The summed E-state index contributed by atoms with van der Waals surface area (Å²) in [6.07, 6.45) is 0.701. The minimum Gasteiger partial charge on any atom is -0.330 e. The molecule has 18 heavy (non-hydrogen) atoms. The van der Waals surface area contributed by atoms with Crippen molar-refractivity contribution < 1.29 is 0 Å². The Morgan fingerprint density at radius 3 is 2.78 bits per heavy atom. The van der Waals surface area contributed by atoms with Crippen molar-refractivity contribution in [3.63, 3.8) is 0 Å². The van der Waals surface area contributed by atoms with Gasteiger partial charge in [0.25, 0.3) is 0 Å². The van der Waals surface area contributed by atoms with E-state index in [4.69, 9.17) is 17.3 Å². The molecule has 0 bridgehead atoms. The predicted octanol–water partition coefficient (Wildman–Crippen LogP) is 2.55. The van der Waals surface area contributed by atoms with Crippen LogP contribution in [-0.2, 0) is 6.42 Å². The smallest absolute Gasteiger partial charge is 0.153 e. The van der Waals surface area contributed by atoms with Gasteiger partial charge in [-0.2, -0.15) is 5.10 Å². The van der Waals surface area contributed by atoms with Crippen LogP contribution in [0.3, 0.4) is 0 Å². The van der Waals surface area contributed by atoms with Crippen LogP contribution < -0.4 is 5.73 Å². The van der Waals surface area contributed by atoms with Gasteiger partial charge in [-0.15, -0.1) is 0 Å². The van der Waals surface area contributed by atoms with Crippen LogP contribution in [0, 0.1) is 0 Å². The van der Waals surface area contributed by atoms with Crippen LogP contribution in [0.4, 0.5) is 0 Å². The maximum Gasteiger partial charge on any atom is 0.153 e. The SMILES string of the molecule is CC(C)c1nc(CCN)n(-c2cccc(Cl)c2)n1. The molecule has 2 aromatic rings. The van der Waals surface area contributed by atoms with Gasteiger partial charge in [-0.25, -0.2) is 9.67 Å². The molecular weight excluding hydrogens is 248 g/mol. The fourth-order valence-electron chi connectivity index (χ4n) is 1.71. The molecule has 96 valence electrons. The molecule has 1 heterocycles. The largest absolute Gasteiger partial charge is 0.330 e. The second-order valence-corrected chi connectivity index (χ2v) is 4.91. The lowest BCUT2D eigenvalue weighted by atomic mass is 10.2. The molecule has 0 saturated heterocycles. The molecule has 2 N–H and O–H groups in total. The van der Waals surface area contributed by atoms with Gasteiger partial charge in [0.05, 0.1) is 5.69 Å². The Hall–Kier alpha value is -1.39. The van der Waals surface area contributed by atoms with E-state index in [1.807, 2.05) is 28.9 Å². The molecule has 1 aromatic heterocycles. The summed E-state index contributed by atoms with van der Waals surface area (Å²) in [7, 11) is 0. The second-order valence-electron chi connectivity index (χ2n) is 4.47. The summed E-state index contributed by atoms with van der Waals surface area (Å²) in [5.41, 5.74) is 6.54. The number of aromatic nitrogens is 3. The molecule has 4 nitrogen and oxygen atoms in total. The number of nitrogens with two attached hydrogens (primary N) is 1. The van der Waals surface area contributed by atoms with Crippen LogP contribution in [0.25, 0.3) is 5.69 Å². The summed E-state index contributed by atoms with van der Waals surface area (Å²) in [5, 5.41) is 5.22. The first kappa shape index (κ1) is 13.1. The van der Waals surface area contributed by atoms with Crippen LogP contribution in [0.5, 0.6) is 0 Å². The van der Waals surface area contributed by atoms with Gasteiger partial charge < -0.3 is 5.73 Å². The Morgan fingerprint density at radius 1 is 1.39 bits per heavy atom. The van der Waals surface area contributed by atoms with Gasteiger partial charge >= 0.3 is 0 Å². The summed E-state index contributed by atoms with van der Waals surface area (Å²) in [4.78, 5) is 4.53. The average Bonchev–Trinajstić information content (AvgIpc) is 2.74. The Balaban J connectivity index is 2.47. The fourth-order valence-corrected chi connectivity index (χ4v) is 1.90. The minimum absolute atomic E-state index is 0.293. The van der Waals surface area contributed by atoms with Crippen molar-refractivity contribution in [2.45, 2.75) is 26.2 Å². The van der Waals surface area contributed by atoms with E-state index in [-0.39, 0.29) is 0 Å². The van der Waals surface area contributed by atoms with E-state index in [1.54, 1.807) is 0 Å². The normalized spacial score (nSPS) is 11.2. The highest BCUT2D eigenvalue weighted by Gasteiger charge is 2.13. The lowest BCUT2D eigenvalue weighted by molar-refractivity contribution is 0.743. The Labute approximate surface area is 112 Å². The zero-order valence-electron chi connectivity index (χ0n) is 10.6. The molecule has 0 spiro atoms. The van der Waals surface area contributed by atoms with Crippen molar-refractivity contribution >= 4 is 11.6 Å². The molecule has 0 unspecified atom stereocenters. The molecule has 0 aliphatic heterocycles. The van der Waals surface area contributed by atoms with Crippen LogP contribution in [-0.4, -0.2) is 21.3 Å². The molecule has 1 aromatic carbocycles. The molecule has 0 amide bonds. The summed E-state index contributed by atoms with van der Waals surface area (Å²) >= 11 is 6.01. The fraction of sp³-hybridized carbons (Fsp3) is 0.385. The van der Waals surface area contributed by atoms with Crippen molar-refractivity contribution in [1.82, 2.24) is 14.8 Å². The van der Waals surface area contributed by atoms with Crippen LogP contribution in [0.15, 0.2) is 24.3 Å². The molecule has 0 atom stereocenters. The van der Waals surface area contributed by atoms with Crippen LogP contribution in [0.1, 0.15) is 31.4 Å². The quantitative estimate of drug-likeness (QED) is 0.923. The van der Waals surface area contributed by atoms with E-state index in [0.29, 0.717) is 23.9 Å². The topological polar surface area (TPSA) is 56.7 Å². The van der Waals surface area contributed by atoms with Crippen molar-refractivity contribution in [3.8, 4) is 5.69 Å². The maximum atomic E-state index is 6.01. The standard InChI is InChI=1S/C13H17ClN4/c1-9(2)13-16-12(6-7-15)18(17-13)11-5-3-4-10(14)8-11/h3-5,8-9H,6-7,15H2,1-2H3. The molecule has 0 saturated carbocycles. The number of halogens is 1. The van der Waals surface area contributed by atoms with E-state index in [2.05, 4.69) is 23.9 Å². The highest BCUT2D eigenvalue weighted by Crippen LogP contribution is 2.18. The van der Waals surface area contributed by atoms with Gasteiger partial charge in [-0.3, -0.25) is 0 Å². The minimum atomic E-state index is 0.293. The van der Waals surface area contributed by atoms with Crippen LogP contribution in [0.2, 0.25) is 5.02 Å². The van der Waals surface area contributed by atoms with Crippen LogP contribution >= 0.6 is 11.6 Å². The summed E-state index contributed by atoms with van der Waals surface area (Å²) in [5.74, 6) is 2.00. The lowest BCUT2D eigenvalue weighted by Gasteiger charge is -2.05. The van der Waals surface area contributed by atoms with Gasteiger partial charge in [-0.05, 0) is 24.7 Å². The van der Waals surface area contributed by atoms with Crippen molar-refractivity contribution in [3.05, 3.63) is 40.9 Å². The Kier molecular flexibility index (Phi) is 3.99. The second kappa shape index (κ2) is 5.50. The summed E-state index contributed by atoms with van der Waals surface area (Å²) < 4.78 is 1.83. The third-order valence-corrected chi connectivity index (χ3v) is 2.86. The third kappa shape index (κ3) is 2.71. The van der Waals surface area contributed by atoms with E-state index in [0.717, 1.165) is 17.3 Å². The molecule has 0 radical (unpaired) electrons. The molecule has 0 aliphatic carbocycles. The number of rotatable bonds is 4. The first-order chi connectivity index (χ1) is 8.61. The molecule has 0 fully saturated rings. The van der Waals surface area contributed by atoms with Crippen molar-refractivity contribution in [2.24, 2.45) is 5.73 Å². The average molecular weight is 265 g/mol. The van der Waals surface area contributed by atoms with E-state index in [9.17, 15) is 0 Å². The maximum absolute atomic E-state index is 6.01. The number of hydrogen-bond acceptors (Lipinski definition) is 3. The van der Waals surface area contributed by atoms with E-state index < -0.39 is 0 Å². The monoisotopic (exact) mass is 264 g/mol. The van der Waals surface area contributed by atoms with Gasteiger partial charge in [0.2, 0.25) is 0 Å². The molecular formula is C13H17ClN4. The highest BCUT2D eigenvalue weighted by molar-refractivity contribution is 6.30. The number of hydrogen-bond donors (Lipinski definition) is 1. The van der Waals surface area contributed by atoms with E-state index >= 15 is 0 Å². The zero-order valence-corrected chi connectivity index (χ0v) is 11.4. The first-order valence-electron chi connectivity index (χ1n) is 6.03. The molecule has 2 rings (SSSR count). The Morgan fingerprint density at radius 2 is 2.17 bits per heavy atom. The molecule has 5 heteroatoms. The van der Waals surface area contributed by atoms with E-state index in [1.165, 1.54) is 0 Å². The van der Waals surface area contributed by atoms with Gasteiger partial charge in [0.1, 0.15) is 5.82 Å². The summed E-state index contributed by atoms with van der Waals surface area (Å²) in [6.45, 7) is 4.70. The highest BCUT2D eigenvalue weighted by atomic mass is 35.5. The van der Waals surface area contributed by atoms with Crippen molar-refractivity contribution in [1.29, 1.82) is 0 Å². The first-order valence-corrected chi connectivity index (χ1v) is 6.41. The number of nitrogens with zero attached hydrogens (tertiary/aromatic N) is 3. The van der Waals surface area contributed by atoms with Gasteiger partial charge in [0.15, 0.2) is 5.82 Å². The zero-order chi connectivity index (χ0) is 13.1. The predicted molar refractivity (Wildman–Crippen MR) is 73.2 cm³/mol. The van der Waals surface area contributed by atoms with Crippen molar-refractivity contribution in [2.75, 3.05) is 6.54 Å². The number of benzene rings is 1. The molecule has 0 aliphatic rings. The van der Waals surface area contributed by atoms with Gasteiger partial charge in [-0.1, -0.05) is 31.5 Å².